The second-order valence-corrected chi connectivity index (χ2v) is 5.00. The topological polar surface area (TPSA) is 63.6 Å². The second kappa shape index (κ2) is 5.81. The standard InChI is InChI=1S/C12H8F8N4O/c1-5-22-8(11(15,16)17)7(9(25)23-5)6-2-21-24(3-6)4-10(13,14)12(18,19)20/h2-3H,4H2,1H3,(H,22,23,25). The van der Waals surface area contributed by atoms with Crippen molar-refractivity contribution in [3.63, 3.8) is 0 Å². The van der Waals surface area contributed by atoms with Crippen molar-refractivity contribution in [2.45, 2.75) is 31.7 Å². The van der Waals surface area contributed by atoms with Crippen molar-refractivity contribution >= 4 is 0 Å². The Morgan fingerprint density at radius 2 is 1.72 bits per heavy atom. The summed E-state index contributed by atoms with van der Waals surface area (Å²) in [6.07, 6.45) is -9.86. The molecular formula is C12H8F8N4O. The van der Waals surface area contributed by atoms with Gasteiger partial charge in [-0.1, -0.05) is 0 Å². The lowest BCUT2D eigenvalue weighted by molar-refractivity contribution is -0.287. The molecule has 0 radical (unpaired) electrons. The van der Waals surface area contributed by atoms with Gasteiger partial charge in [0.05, 0.1) is 11.8 Å². The van der Waals surface area contributed by atoms with Crippen molar-refractivity contribution in [1.29, 1.82) is 0 Å². The third kappa shape index (κ3) is 3.79. The number of nitrogens with zero attached hydrogens (tertiary/aromatic N) is 3. The summed E-state index contributed by atoms with van der Waals surface area (Å²) in [5.41, 5.74) is -4.46. The Balaban J connectivity index is 2.50. The SMILES string of the molecule is Cc1nc(C(F)(F)F)c(-c2cnn(CC(F)(F)C(F)(F)F)c2)c(=O)[nH]1. The highest BCUT2D eigenvalue weighted by molar-refractivity contribution is 5.64. The van der Waals surface area contributed by atoms with Crippen molar-refractivity contribution < 1.29 is 35.1 Å². The maximum Gasteiger partial charge on any atom is 0.455 e. The summed E-state index contributed by atoms with van der Waals surface area (Å²) < 4.78 is 102. The first kappa shape index (κ1) is 18.9. The fraction of sp³-hybridized carbons (Fsp3) is 0.417. The van der Waals surface area contributed by atoms with E-state index in [2.05, 4.69) is 10.1 Å². The summed E-state index contributed by atoms with van der Waals surface area (Å²) in [6, 6.07) is 0. The van der Waals surface area contributed by atoms with Gasteiger partial charge < -0.3 is 4.98 Å². The number of halogens is 8. The van der Waals surface area contributed by atoms with Crippen LogP contribution in [0.1, 0.15) is 11.5 Å². The molecule has 2 aromatic rings. The number of nitrogens with one attached hydrogen (secondary N) is 1. The van der Waals surface area contributed by atoms with Crippen LogP contribution >= 0.6 is 0 Å². The van der Waals surface area contributed by atoms with Gasteiger partial charge in [-0.25, -0.2) is 4.98 Å². The van der Waals surface area contributed by atoms with Gasteiger partial charge in [0, 0.05) is 11.8 Å². The first-order valence-electron chi connectivity index (χ1n) is 6.38. The van der Waals surface area contributed by atoms with E-state index in [1.165, 1.54) is 0 Å². The monoisotopic (exact) mass is 376 g/mol. The highest BCUT2D eigenvalue weighted by atomic mass is 19.4. The molecule has 2 heterocycles. The van der Waals surface area contributed by atoms with Crippen LogP contribution in [0.5, 0.6) is 0 Å². The number of aromatic nitrogens is 4. The lowest BCUT2D eigenvalue weighted by Crippen LogP contribution is -2.40. The third-order valence-electron chi connectivity index (χ3n) is 3.00. The number of hydrogen-bond donors (Lipinski definition) is 1. The van der Waals surface area contributed by atoms with Gasteiger partial charge in [0.1, 0.15) is 12.4 Å². The quantitative estimate of drug-likeness (QED) is 0.838. The summed E-state index contributed by atoms with van der Waals surface area (Å²) in [7, 11) is 0. The largest absolute Gasteiger partial charge is 0.455 e. The van der Waals surface area contributed by atoms with E-state index in [1.54, 1.807) is 0 Å². The molecule has 0 bridgehead atoms. The summed E-state index contributed by atoms with van der Waals surface area (Å²) in [4.78, 5) is 17.0. The highest BCUT2D eigenvalue weighted by Crippen LogP contribution is 2.37. The predicted octanol–water partition coefficient (Wildman–Crippen LogP) is 3.16. The van der Waals surface area contributed by atoms with Crippen LogP contribution in [0.25, 0.3) is 11.1 Å². The molecule has 0 atom stereocenters. The number of hydrogen-bond acceptors (Lipinski definition) is 3. The zero-order chi connectivity index (χ0) is 19.2. The minimum absolute atomic E-state index is 0.0995. The van der Waals surface area contributed by atoms with Crippen molar-refractivity contribution in [3.05, 3.63) is 34.3 Å². The van der Waals surface area contributed by atoms with Gasteiger partial charge in [-0.15, -0.1) is 0 Å². The van der Waals surface area contributed by atoms with Gasteiger partial charge in [-0.3, -0.25) is 9.48 Å². The molecule has 0 unspecified atom stereocenters. The number of alkyl halides is 8. The van der Waals surface area contributed by atoms with Crippen LogP contribution < -0.4 is 5.56 Å². The minimum atomic E-state index is -5.86. The van der Waals surface area contributed by atoms with Gasteiger partial charge >= 0.3 is 18.3 Å². The van der Waals surface area contributed by atoms with E-state index < -0.39 is 47.2 Å². The Bertz CT molecular complexity index is 833. The Hall–Kier alpha value is -2.47. The highest BCUT2D eigenvalue weighted by Gasteiger charge is 2.57. The molecule has 0 saturated carbocycles. The average Bonchev–Trinajstić information content (AvgIpc) is 2.82. The summed E-state index contributed by atoms with van der Waals surface area (Å²) in [6.45, 7) is -0.858. The van der Waals surface area contributed by atoms with Crippen molar-refractivity contribution in [1.82, 2.24) is 19.7 Å². The Morgan fingerprint density at radius 1 is 1.12 bits per heavy atom. The summed E-state index contributed by atoms with van der Waals surface area (Å²) in [5, 5.41) is 3.17. The average molecular weight is 376 g/mol. The van der Waals surface area contributed by atoms with Crippen LogP contribution in [0.15, 0.2) is 17.2 Å². The fourth-order valence-corrected chi connectivity index (χ4v) is 1.93. The van der Waals surface area contributed by atoms with E-state index in [1.807, 2.05) is 4.98 Å². The molecule has 5 nitrogen and oxygen atoms in total. The van der Waals surface area contributed by atoms with Crippen molar-refractivity contribution in [3.8, 4) is 11.1 Å². The van der Waals surface area contributed by atoms with Crippen LogP contribution in [0, 0.1) is 6.92 Å². The van der Waals surface area contributed by atoms with Crippen LogP contribution in [0.4, 0.5) is 35.1 Å². The number of aromatic amines is 1. The molecule has 0 spiro atoms. The van der Waals surface area contributed by atoms with E-state index in [9.17, 15) is 39.9 Å². The molecule has 0 aliphatic carbocycles. The number of H-pyrrole nitrogens is 1. The molecule has 0 saturated heterocycles. The first-order chi connectivity index (χ1) is 11.2. The Kier molecular flexibility index (Phi) is 4.38. The molecule has 13 heteroatoms. The molecule has 0 aromatic carbocycles. The van der Waals surface area contributed by atoms with Crippen LogP contribution in [0.2, 0.25) is 0 Å². The van der Waals surface area contributed by atoms with Gasteiger partial charge in [-0.2, -0.15) is 40.2 Å². The lowest BCUT2D eigenvalue weighted by atomic mass is 10.1. The molecule has 0 aliphatic heterocycles. The lowest BCUT2D eigenvalue weighted by Gasteiger charge is -2.19. The van der Waals surface area contributed by atoms with Crippen LogP contribution in [-0.4, -0.2) is 31.8 Å². The van der Waals surface area contributed by atoms with Gasteiger partial charge in [0.2, 0.25) is 0 Å². The van der Waals surface area contributed by atoms with Gasteiger partial charge in [-0.05, 0) is 6.92 Å². The fourth-order valence-electron chi connectivity index (χ4n) is 1.93. The molecule has 0 aliphatic rings. The molecular weight excluding hydrogens is 368 g/mol. The van der Waals surface area contributed by atoms with E-state index in [-0.39, 0.29) is 10.5 Å². The molecule has 2 rings (SSSR count). The summed E-state index contributed by atoms with van der Waals surface area (Å²) in [5.74, 6) is -5.50. The number of aryl methyl sites for hydroxylation is 1. The molecule has 25 heavy (non-hydrogen) atoms. The molecule has 0 fully saturated rings. The molecule has 1 N–H and O–H groups in total. The zero-order valence-corrected chi connectivity index (χ0v) is 12.1. The van der Waals surface area contributed by atoms with Gasteiger partial charge in [0.15, 0.2) is 5.69 Å². The second-order valence-electron chi connectivity index (χ2n) is 5.00. The predicted molar refractivity (Wildman–Crippen MR) is 66.8 cm³/mol. The van der Waals surface area contributed by atoms with Gasteiger partial charge in [0.25, 0.3) is 5.56 Å². The van der Waals surface area contributed by atoms with Crippen LogP contribution in [-0.2, 0) is 12.7 Å². The number of rotatable bonds is 3. The smallest absolute Gasteiger partial charge is 0.310 e. The maximum absolute atomic E-state index is 13.0. The van der Waals surface area contributed by atoms with E-state index in [4.69, 9.17) is 0 Å². The van der Waals surface area contributed by atoms with Crippen molar-refractivity contribution in [2.75, 3.05) is 0 Å². The summed E-state index contributed by atoms with van der Waals surface area (Å²) >= 11 is 0. The Morgan fingerprint density at radius 3 is 2.24 bits per heavy atom. The minimum Gasteiger partial charge on any atom is -0.310 e. The van der Waals surface area contributed by atoms with E-state index in [0.717, 1.165) is 6.92 Å². The Labute approximate surface area is 133 Å². The third-order valence-corrected chi connectivity index (χ3v) is 3.00. The molecule has 0 amide bonds. The zero-order valence-electron chi connectivity index (χ0n) is 12.1. The van der Waals surface area contributed by atoms with E-state index >= 15 is 0 Å². The first-order valence-corrected chi connectivity index (χ1v) is 6.38. The van der Waals surface area contributed by atoms with E-state index in [0.29, 0.717) is 12.4 Å². The maximum atomic E-state index is 13.0. The normalized spacial score (nSPS) is 13.3. The van der Waals surface area contributed by atoms with Crippen molar-refractivity contribution in [2.24, 2.45) is 0 Å². The van der Waals surface area contributed by atoms with Crippen LogP contribution in [0.3, 0.4) is 0 Å². The molecule has 138 valence electrons. The molecule has 2 aromatic heterocycles.